The van der Waals surface area contributed by atoms with Gasteiger partial charge in [-0.15, -0.1) is 0 Å². The minimum absolute atomic E-state index is 0.0229. The SMILES string of the molecule is COCCc1nccc(CC2C(NCC3CCCCC3)CC(O)C2CO)n1. The van der Waals surface area contributed by atoms with Crippen molar-refractivity contribution >= 4 is 0 Å². The molecule has 2 saturated carbocycles. The molecule has 3 N–H and O–H groups in total. The molecule has 6 nitrogen and oxygen atoms in total. The van der Waals surface area contributed by atoms with E-state index in [4.69, 9.17) is 4.74 Å². The standard InChI is InChI=1S/C21H35N3O3/c1-27-10-8-21-22-9-7-16(24-21)11-17-18(14-25)20(26)12-19(17)23-13-15-5-3-2-4-6-15/h7,9,15,17-20,23,25-26H,2-6,8,10-14H2,1H3. The fourth-order valence-electron chi connectivity index (χ4n) is 4.80. The summed E-state index contributed by atoms with van der Waals surface area (Å²) in [6, 6.07) is 2.18. The summed E-state index contributed by atoms with van der Waals surface area (Å²) < 4.78 is 5.12. The van der Waals surface area contributed by atoms with E-state index >= 15 is 0 Å². The molecule has 2 fully saturated rings. The summed E-state index contributed by atoms with van der Waals surface area (Å²) in [5.74, 6) is 1.65. The lowest BCUT2D eigenvalue weighted by atomic mass is 9.87. The molecule has 4 unspecified atom stereocenters. The normalized spacial score (nSPS) is 29.3. The third-order valence-corrected chi connectivity index (χ3v) is 6.40. The third kappa shape index (κ3) is 5.70. The van der Waals surface area contributed by atoms with Crippen LogP contribution in [0, 0.1) is 17.8 Å². The van der Waals surface area contributed by atoms with Crippen molar-refractivity contribution in [1.29, 1.82) is 0 Å². The average molecular weight is 378 g/mol. The molecule has 0 spiro atoms. The summed E-state index contributed by atoms with van der Waals surface area (Å²) in [5.41, 5.74) is 0.984. The number of hydrogen-bond acceptors (Lipinski definition) is 6. The Hall–Kier alpha value is -1.08. The van der Waals surface area contributed by atoms with Crippen molar-refractivity contribution in [3.8, 4) is 0 Å². The van der Waals surface area contributed by atoms with Crippen LogP contribution in [0.1, 0.15) is 50.0 Å². The lowest BCUT2D eigenvalue weighted by molar-refractivity contribution is 0.0715. The van der Waals surface area contributed by atoms with Crippen LogP contribution in [0.3, 0.4) is 0 Å². The molecule has 0 radical (unpaired) electrons. The van der Waals surface area contributed by atoms with Crippen LogP contribution in [-0.2, 0) is 17.6 Å². The molecule has 0 aromatic carbocycles. The first kappa shape index (κ1) is 20.6. The van der Waals surface area contributed by atoms with E-state index < -0.39 is 6.10 Å². The highest BCUT2D eigenvalue weighted by Crippen LogP contribution is 2.35. The second kappa shape index (κ2) is 10.5. The maximum Gasteiger partial charge on any atom is 0.130 e. The summed E-state index contributed by atoms with van der Waals surface area (Å²) in [6.07, 6.45) is 10.2. The van der Waals surface area contributed by atoms with E-state index in [0.29, 0.717) is 19.4 Å². The van der Waals surface area contributed by atoms with Gasteiger partial charge in [0.2, 0.25) is 0 Å². The van der Waals surface area contributed by atoms with Crippen molar-refractivity contribution in [2.24, 2.45) is 17.8 Å². The molecule has 4 atom stereocenters. The van der Waals surface area contributed by atoms with Gasteiger partial charge >= 0.3 is 0 Å². The van der Waals surface area contributed by atoms with Crippen molar-refractivity contribution < 1.29 is 14.9 Å². The molecule has 2 aliphatic carbocycles. The molecule has 0 bridgehead atoms. The Morgan fingerprint density at radius 1 is 1.22 bits per heavy atom. The van der Waals surface area contributed by atoms with Crippen LogP contribution in [0.15, 0.2) is 12.3 Å². The lowest BCUT2D eigenvalue weighted by Crippen LogP contribution is -2.39. The first-order valence-corrected chi connectivity index (χ1v) is 10.5. The second-order valence-corrected chi connectivity index (χ2v) is 8.24. The first-order chi connectivity index (χ1) is 13.2. The molecule has 152 valence electrons. The van der Waals surface area contributed by atoms with Crippen LogP contribution in [0.2, 0.25) is 0 Å². The summed E-state index contributed by atoms with van der Waals surface area (Å²) in [6.45, 7) is 1.65. The Labute approximate surface area is 162 Å². The molecule has 3 rings (SSSR count). The zero-order valence-electron chi connectivity index (χ0n) is 16.5. The van der Waals surface area contributed by atoms with Gasteiger partial charge in [0.1, 0.15) is 5.82 Å². The number of hydrogen-bond donors (Lipinski definition) is 3. The topological polar surface area (TPSA) is 87.5 Å². The van der Waals surface area contributed by atoms with Crippen molar-refractivity contribution in [2.45, 2.75) is 63.5 Å². The average Bonchev–Trinajstić information content (AvgIpc) is 3.00. The van der Waals surface area contributed by atoms with Gasteiger partial charge in [0.15, 0.2) is 0 Å². The highest BCUT2D eigenvalue weighted by Gasteiger charge is 2.42. The van der Waals surface area contributed by atoms with Crippen molar-refractivity contribution in [3.05, 3.63) is 23.8 Å². The minimum atomic E-state index is -0.446. The van der Waals surface area contributed by atoms with E-state index in [2.05, 4.69) is 15.3 Å². The van der Waals surface area contributed by atoms with Gasteiger partial charge in [-0.05, 0) is 50.1 Å². The second-order valence-electron chi connectivity index (χ2n) is 8.24. The Bertz CT molecular complexity index is 565. The number of methoxy groups -OCH3 is 1. The zero-order valence-corrected chi connectivity index (χ0v) is 16.5. The van der Waals surface area contributed by atoms with Crippen LogP contribution >= 0.6 is 0 Å². The molecule has 0 aliphatic heterocycles. The monoisotopic (exact) mass is 377 g/mol. The number of aromatic nitrogens is 2. The van der Waals surface area contributed by atoms with Gasteiger partial charge in [-0.2, -0.15) is 0 Å². The first-order valence-electron chi connectivity index (χ1n) is 10.5. The fraction of sp³-hybridized carbons (Fsp3) is 0.810. The Morgan fingerprint density at radius 3 is 2.78 bits per heavy atom. The van der Waals surface area contributed by atoms with Gasteiger partial charge in [-0.25, -0.2) is 9.97 Å². The predicted octanol–water partition coefficient (Wildman–Crippen LogP) is 1.74. The fourth-order valence-corrected chi connectivity index (χ4v) is 4.80. The Balaban J connectivity index is 1.63. The number of rotatable bonds is 9. The summed E-state index contributed by atoms with van der Waals surface area (Å²) >= 11 is 0. The molecule has 0 amide bonds. The Morgan fingerprint density at radius 2 is 2.04 bits per heavy atom. The molecule has 2 aliphatic rings. The minimum Gasteiger partial charge on any atom is -0.396 e. The van der Waals surface area contributed by atoms with Gasteiger partial charge < -0.3 is 20.3 Å². The molecule has 27 heavy (non-hydrogen) atoms. The zero-order chi connectivity index (χ0) is 19.1. The van der Waals surface area contributed by atoms with Crippen molar-refractivity contribution in [1.82, 2.24) is 15.3 Å². The number of aliphatic hydroxyl groups excluding tert-OH is 2. The lowest BCUT2D eigenvalue weighted by Gasteiger charge is -2.28. The quantitative estimate of drug-likeness (QED) is 0.608. The van der Waals surface area contributed by atoms with E-state index in [1.807, 2.05) is 6.07 Å². The summed E-state index contributed by atoms with van der Waals surface area (Å²) in [7, 11) is 1.68. The smallest absolute Gasteiger partial charge is 0.130 e. The van der Waals surface area contributed by atoms with Gasteiger partial charge in [-0.1, -0.05) is 19.3 Å². The van der Waals surface area contributed by atoms with Crippen LogP contribution < -0.4 is 5.32 Å². The maximum absolute atomic E-state index is 10.5. The van der Waals surface area contributed by atoms with Crippen LogP contribution in [0.5, 0.6) is 0 Å². The molecule has 1 aromatic rings. The van der Waals surface area contributed by atoms with Gasteiger partial charge in [0, 0.05) is 44.0 Å². The summed E-state index contributed by atoms with van der Waals surface area (Å²) in [5, 5.41) is 24.1. The van der Waals surface area contributed by atoms with Gasteiger partial charge in [0.25, 0.3) is 0 Å². The number of nitrogens with one attached hydrogen (secondary N) is 1. The number of ether oxygens (including phenoxy) is 1. The molecular weight excluding hydrogens is 342 g/mol. The van der Waals surface area contributed by atoms with E-state index in [9.17, 15) is 10.2 Å². The Kier molecular flexibility index (Phi) is 8.00. The van der Waals surface area contributed by atoms with Crippen LogP contribution in [0.4, 0.5) is 0 Å². The molecule has 1 aromatic heterocycles. The van der Waals surface area contributed by atoms with Crippen molar-refractivity contribution in [2.75, 3.05) is 26.9 Å². The molecule has 6 heteroatoms. The molecular formula is C21H35N3O3. The number of nitrogens with zero attached hydrogens (tertiary/aromatic N) is 2. The third-order valence-electron chi connectivity index (χ3n) is 6.40. The van der Waals surface area contributed by atoms with E-state index in [1.165, 1.54) is 32.1 Å². The largest absolute Gasteiger partial charge is 0.396 e. The van der Waals surface area contributed by atoms with E-state index in [0.717, 1.165) is 30.4 Å². The van der Waals surface area contributed by atoms with Gasteiger partial charge in [-0.3, -0.25) is 0 Å². The van der Waals surface area contributed by atoms with Gasteiger partial charge in [0.05, 0.1) is 12.7 Å². The van der Waals surface area contributed by atoms with E-state index in [1.54, 1.807) is 13.3 Å². The highest BCUT2D eigenvalue weighted by atomic mass is 16.5. The highest BCUT2D eigenvalue weighted by molar-refractivity contribution is 5.08. The molecule has 0 saturated heterocycles. The van der Waals surface area contributed by atoms with Crippen LogP contribution in [0.25, 0.3) is 0 Å². The van der Waals surface area contributed by atoms with Crippen molar-refractivity contribution in [3.63, 3.8) is 0 Å². The summed E-state index contributed by atoms with van der Waals surface area (Å²) in [4.78, 5) is 8.99. The predicted molar refractivity (Wildman–Crippen MR) is 104 cm³/mol. The maximum atomic E-state index is 10.5. The van der Waals surface area contributed by atoms with E-state index in [-0.39, 0.29) is 24.5 Å². The number of aliphatic hydroxyl groups is 2. The van der Waals surface area contributed by atoms with Crippen LogP contribution in [-0.4, -0.2) is 59.2 Å². The molecule has 1 heterocycles.